The number of hydrogen-bond acceptors (Lipinski definition) is 1. The van der Waals surface area contributed by atoms with Gasteiger partial charge in [0.05, 0.1) is 0 Å². The van der Waals surface area contributed by atoms with Crippen molar-refractivity contribution < 1.29 is 4.12 Å². The molecule has 0 radical (unpaired) electrons. The summed E-state index contributed by atoms with van der Waals surface area (Å²) in [7, 11) is -5.91. The normalized spacial score (nSPS) is 14.7. The molecule has 0 fully saturated rings. The summed E-state index contributed by atoms with van der Waals surface area (Å²) in [5.74, 6) is 0. The average molecular weight is 1060 g/mol. The van der Waals surface area contributed by atoms with E-state index in [0.717, 1.165) is 0 Å². The van der Waals surface area contributed by atoms with E-state index in [1.54, 1.807) is 0 Å². The Bertz CT molecular complexity index is 2330. The SMILES string of the molecule is CC(C)(C)c1ccc(C(C)(C)C)c(C(C)(C)C)c1[SiH](O[SiH](c1c(C(C)(C)C)ccc(C(C)(C)C)c1C(C)(C)C)c1c(C(C)(C)C)ccc(C(C)(C)C)c1C(C)(C)C)c1c(C(C)(C)C)ccc(C(C)(C)C)c1C(C)(C)C. The van der Waals surface area contributed by atoms with Gasteiger partial charge in [-0.3, -0.25) is 0 Å². The van der Waals surface area contributed by atoms with Crippen LogP contribution in [-0.2, 0) is 69.1 Å². The minimum Gasteiger partial charge on any atom is -0.446 e. The van der Waals surface area contributed by atoms with Gasteiger partial charge in [-0.2, -0.15) is 0 Å². The highest BCUT2D eigenvalue weighted by Crippen LogP contribution is 2.44. The van der Waals surface area contributed by atoms with Crippen molar-refractivity contribution in [2.75, 3.05) is 0 Å². The standard InChI is InChI=1S/C72H118OSi2/c1-61(2,3)45-37-41-49(65(13,14)15)57(53(45)69(25,26)27)74(58-50(66(16,17)18)42-38-46(62(4,5)6)54(58)70(28,29)30)73-75(59-51(67(19,20)21)43-39-47(63(7,8)9)55(59)71(31,32)33)60-52(68(22,23)24)44-40-48(64(10,11)12)56(60)72(34,35)36/h37-44,74-75H,1-36H3. The molecule has 0 bridgehead atoms. The van der Waals surface area contributed by atoms with Crippen LogP contribution in [0.25, 0.3) is 0 Å². The van der Waals surface area contributed by atoms with Gasteiger partial charge in [0.15, 0.2) is 0 Å². The molecule has 0 aliphatic rings. The van der Waals surface area contributed by atoms with Crippen molar-refractivity contribution in [1.29, 1.82) is 0 Å². The van der Waals surface area contributed by atoms with Crippen LogP contribution < -0.4 is 20.7 Å². The molecule has 0 aliphatic carbocycles. The Kier molecular flexibility index (Phi) is 17.4. The van der Waals surface area contributed by atoms with Gasteiger partial charge in [0, 0.05) is 0 Å². The van der Waals surface area contributed by atoms with Crippen molar-refractivity contribution >= 4 is 38.8 Å². The smallest absolute Gasteiger partial charge is 0.229 e. The second-order valence-corrected chi connectivity index (χ2v) is 40.6. The Morgan fingerprint density at radius 3 is 0.413 bits per heavy atom. The lowest BCUT2D eigenvalue weighted by atomic mass is 9.72. The highest BCUT2D eigenvalue weighted by molar-refractivity contribution is 6.93. The van der Waals surface area contributed by atoms with E-state index in [-0.39, 0.29) is 65.0 Å². The van der Waals surface area contributed by atoms with Crippen LogP contribution in [0, 0.1) is 0 Å². The van der Waals surface area contributed by atoms with Crippen molar-refractivity contribution in [3.63, 3.8) is 0 Å². The van der Waals surface area contributed by atoms with E-state index in [1.165, 1.54) is 87.5 Å². The molecule has 0 aromatic heterocycles. The molecule has 0 N–H and O–H groups in total. The first-order valence-electron chi connectivity index (χ1n) is 29.3. The van der Waals surface area contributed by atoms with Gasteiger partial charge in [-0.15, -0.1) is 0 Å². The molecule has 0 aliphatic heterocycles. The summed E-state index contributed by atoms with van der Waals surface area (Å²) in [6.45, 7) is 89.0. The van der Waals surface area contributed by atoms with E-state index in [4.69, 9.17) is 0 Å². The van der Waals surface area contributed by atoms with Crippen molar-refractivity contribution in [3.8, 4) is 0 Å². The molecule has 0 atom stereocenters. The second kappa shape index (κ2) is 20.1. The van der Waals surface area contributed by atoms with Crippen LogP contribution in [-0.4, -0.2) is 18.1 Å². The summed E-state index contributed by atoms with van der Waals surface area (Å²) in [6, 6.07) is 20.4. The topological polar surface area (TPSA) is 9.23 Å². The van der Waals surface area contributed by atoms with E-state index < -0.39 is 18.1 Å². The van der Waals surface area contributed by atoms with Crippen LogP contribution in [0.1, 0.15) is 316 Å². The first-order valence-corrected chi connectivity index (χ1v) is 32.5. The first kappa shape index (κ1) is 64.8. The fraction of sp³-hybridized carbons (Fsp3) is 0.667. The maximum absolute atomic E-state index is 9.63. The van der Waals surface area contributed by atoms with Gasteiger partial charge in [-0.1, -0.05) is 298 Å². The van der Waals surface area contributed by atoms with Crippen LogP contribution in [0.4, 0.5) is 0 Å². The van der Waals surface area contributed by atoms with E-state index in [0.29, 0.717) is 0 Å². The van der Waals surface area contributed by atoms with Gasteiger partial charge in [0.25, 0.3) is 0 Å². The Balaban J connectivity index is 2.85. The lowest BCUT2D eigenvalue weighted by molar-refractivity contribution is 0.516. The fourth-order valence-electron chi connectivity index (χ4n) is 12.6. The molecule has 3 heteroatoms. The number of hydrogen-bond donors (Lipinski definition) is 0. The lowest BCUT2D eigenvalue weighted by Gasteiger charge is -2.45. The van der Waals surface area contributed by atoms with Crippen LogP contribution in [0.15, 0.2) is 48.5 Å². The summed E-state index contributed by atoms with van der Waals surface area (Å²) in [5.41, 5.74) is 15.6. The van der Waals surface area contributed by atoms with E-state index in [9.17, 15) is 4.12 Å². The molecule has 0 amide bonds. The maximum atomic E-state index is 9.63. The van der Waals surface area contributed by atoms with E-state index in [2.05, 4.69) is 298 Å². The molecule has 0 saturated carbocycles. The number of rotatable bonds is 6. The zero-order chi connectivity index (χ0) is 58.8. The Morgan fingerprint density at radius 2 is 0.307 bits per heavy atom. The molecular formula is C72H118OSi2. The van der Waals surface area contributed by atoms with Crippen LogP contribution in [0.2, 0.25) is 0 Å². The molecule has 0 heterocycles. The molecular weight excluding hydrogens is 937 g/mol. The van der Waals surface area contributed by atoms with Gasteiger partial charge < -0.3 is 4.12 Å². The third-order valence-corrected chi connectivity index (χ3v) is 22.4. The van der Waals surface area contributed by atoms with Gasteiger partial charge in [0.2, 0.25) is 18.1 Å². The molecule has 0 saturated heterocycles. The third-order valence-electron chi connectivity index (χ3n) is 15.8. The molecule has 0 spiro atoms. The van der Waals surface area contributed by atoms with Crippen LogP contribution in [0.5, 0.6) is 0 Å². The third kappa shape index (κ3) is 13.8. The Morgan fingerprint density at radius 1 is 0.187 bits per heavy atom. The molecule has 4 rings (SSSR count). The molecule has 4 aromatic carbocycles. The van der Waals surface area contributed by atoms with Crippen molar-refractivity contribution in [2.45, 2.75) is 314 Å². The molecule has 1 nitrogen and oxygen atoms in total. The van der Waals surface area contributed by atoms with Crippen molar-refractivity contribution in [2.24, 2.45) is 0 Å². The van der Waals surface area contributed by atoms with Crippen LogP contribution >= 0.6 is 0 Å². The average Bonchev–Trinajstić information content (AvgIpc) is 3.15. The van der Waals surface area contributed by atoms with Gasteiger partial charge in [0.1, 0.15) is 0 Å². The Hall–Kier alpha value is -2.73. The van der Waals surface area contributed by atoms with Crippen LogP contribution in [0.3, 0.4) is 0 Å². The summed E-state index contributed by atoms with van der Waals surface area (Å²) in [6.07, 6.45) is 0. The quantitative estimate of drug-likeness (QED) is 0.175. The highest BCUT2D eigenvalue weighted by atomic mass is 28.4. The zero-order valence-electron chi connectivity index (χ0n) is 56.2. The zero-order valence-corrected chi connectivity index (χ0v) is 58.5. The molecule has 0 unspecified atom stereocenters. The highest BCUT2D eigenvalue weighted by Gasteiger charge is 2.48. The largest absolute Gasteiger partial charge is 0.446 e. The monoisotopic (exact) mass is 1050 g/mol. The molecule has 420 valence electrons. The fourth-order valence-corrected chi connectivity index (χ4v) is 23.1. The van der Waals surface area contributed by atoms with Gasteiger partial charge >= 0.3 is 0 Å². The summed E-state index contributed by atoms with van der Waals surface area (Å²) < 4.78 is 9.63. The Labute approximate surface area is 469 Å². The van der Waals surface area contributed by atoms with E-state index >= 15 is 0 Å². The van der Waals surface area contributed by atoms with Crippen molar-refractivity contribution in [3.05, 3.63) is 115 Å². The summed E-state index contributed by atoms with van der Waals surface area (Å²) in [5, 5.41) is 6.07. The summed E-state index contributed by atoms with van der Waals surface area (Å²) >= 11 is 0. The van der Waals surface area contributed by atoms with Crippen molar-refractivity contribution in [1.82, 2.24) is 0 Å². The predicted octanol–water partition coefficient (Wildman–Crippen LogP) is 17.6. The maximum Gasteiger partial charge on any atom is 0.229 e. The second-order valence-electron chi connectivity index (χ2n) is 35.7. The minimum atomic E-state index is -2.96. The predicted molar refractivity (Wildman–Crippen MR) is 344 cm³/mol. The molecule has 75 heavy (non-hydrogen) atoms. The van der Waals surface area contributed by atoms with E-state index in [1.807, 2.05) is 0 Å². The first-order chi connectivity index (χ1) is 32.9. The number of benzene rings is 4. The lowest BCUT2D eigenvalue weighted by Crippen LogP contribution is -2.64. The van der Waals surface area contributed by atoms with Gasteiger partial charge in [-0.05, 0) is 152 Å². The summed E-state index contributed by atoms with van der Waals surface area (Å²) in [4.78, 5) is 0. The van der Waals surface area contributed by atoms with Gasteiger partial charge in [-0.25, -0.2) is 0 Å². The molecule has 4 aromatic rings. The minimum absolute atomic E-state index is 0.115.